The molecule has 3 nitrogen and oxygen atoms in total. The molecule has 18 heavy (non-hydrogen) atoms. The van der Waals surface area contributed by atoms with E-state index in [0.717, 1.165) is 26.1 Å². The van der Waals surface area contributed by atoms with Crippen LogP contribution in [0, 0.1) is 6.92 Å². The molecule has 0 radical (unpaired) electrons. The van der Waals surface area contributed by atoms with Crippen molar-refractivity contribution in [3.63, 3.8) is 0 Å². The standard InChI is InChI=1S/C14H22N2OS/c1-3-12-10(2)18-13(15-12)14(16-11-5-6-11)7-4-8-17-9-14/h11,16H,3-9H2,1-2H3. The van der Waals surface area contributed by atoms with Crippen molar-refractivity contribution in [3.05, 3.63) is 15.6 Å². The molecule has 1 atom stereocenters. The summed E-state index contributed by atoms with van der Waals surface area (Å²) in [5.41, 5.74) is 1.26. The van der Waals surface area contributed by atoms with E-state index in [1.807, 2.05) is 11.3 Å². The fourth-order valence-corrected chi connectivity index (χ4v) is 3.89. The minimum atomic E-state index is 0.00225. The van der Waals surface area contributed by atoms with E-state index >= 15 is 0 Å². The first-order valence-corrected chi connectivity index (χ1v) is 7.87. The van der Waals surface area contributed by atoms with Gasteiger partial charge in [0.15, 0.2) is 0 Å². The van der Waals surface area contributed by atoms with E-state index in [1.54, 1.807) is 0 Å². The number of aromatic nitrogens is 1. The Labute approximate surface area is 113 Å². The second-order valence-electron chi connectivity index (χ2n) is 5.53. The van der Waals surface area contributed by atoms with Gasteiger partial charge >= 0.3 is 0 Å². The number of thiazole rings is 1. The van der Waals surface area contributed by atoms with Crippen molar-refractivity contribution in [2.45, 2.75) is 57.5 Å². The van der Waals surface area contributed by atoms with E-state index in [0.29, 0.717) is 6.04 Å². The number of hydrogen-bond donors (Lipinski definition) is 1. The SMILES string of the molecule is CCc1nc(C2(NC3CC3)CCCOC2)sc1C. The molecule has 0 bridgehead atoms. The van der Waals surface area contributed by atoms with Crippen molar-refractivity contribution in [1.29, 1.82) is 0 Å². The molecule has 0 amide bonds. The Balaban J connectivity index is 1.90. The molecule has 0 aromatic carbocycles. The molecule has 2 fully saturated rings. The molecule has 1 saturated carbocycles. The zero-order valence-corrected chi connectivity index (χ0v) is 12.1. The maximum atomic E-state index is 5.76. The lowest BCUT2D eigenvalue weighted by Crippen LogP contribution is -2.49. The van der Waals surface area contributed by atoms with E-state index in [-0.39, 0.29) is 5.54 Å². The summed E-state index contributed by atoms with van der Waals surface area (Å²) in [7, 11) is 0. The van der Waals surface area contributed by atoms with Crippen molar-refractivity contribution >= 4 is 11.3 Å². The van der Waals surface area contributed by atoms with Gasteiger partial charge in [-0.1, -0.05) is 6.92 Å². The predicted octanol–water partition coefficient (Wildman–Crippen LogP) is 2.77. The van der Waals surface area contributed by atoms with Gasteiger partial charge in [0.1, 0.15) is 5.01 Å². The van der Waals surface area contributed by atoms with Gasteiger partial charge in [0.05, 0.1) is 17.8 Å². The van der Waals surface area contributed by atoms with Gasteiger partial charge < -0.3 is 10.1 Å². The predicted molar refractivity (Wildman–Crippen MR) is 74.1 cm³/mol. The largest absolute Gasteiger partial charge is 0.379 e. The highest BCUT2D eigenvalue weighted by Crippen LogP contribution is 2.37. The first kappa shape index (κ1) is 12.6. The van der Waals surface area contributed by atoms with Crippen LogP contribution in [0.15, 0.2) is 0 Å². The Morgan fingerprint density at radius 2 is 2.33 bits per heavy atom. The van der Waals surface area contributed by atoms with Crippen LogP contribution in [0.5, 0.6) is 0 Å². The summed E-state index contributed by atoms with van der Waals surface area (Å²) in [5.74, 6) is 0. The minimum Gasteiger partial charge on any atom is -0.379 e. The summed E-state index contributed by atoms with van der Waals surface area (Å²) >= 11 is 1.86. The summed E-state index contributed by atoms with van der Waals surface area (Å²) in [6, 6.07) is 0.695. The third kappa shape index (κ3) is 2.33. The zero-order chi connectivity index (χ0) is 12.6. The summed E-state index contributed by atoms with van der Waals surface area (Å²) in [4.78, 5) is 6.25. The molecule has 2 heterocycles. The Hall–Kier alpha value is -0.450. The van der Waals surface area contributed by atoms with Gasteiger partial charge in [-0.2, -0.15) is 0 Å². The Morgan fingerprint density at radius 3 is 2.89 bits per heavy atom. The van der Waals surface area contributed by atoms with Crippen LogP contribution in [-0.4, -0.2) is 24.2 Å². The highest BCUT2D eigenvalue weighted by molar-refractivity contribution is 7.11. The number of hydrogen-bond acceptors (Lipinski definition) is 4. The molecular formula is C14H22N2OS. The first-order chi connectivity index (χ1) is 8.73. The molecule has 4 heteroatoms. The third-order valence-corrected chi connectivity index (χ3v) is 5.15. The Bertz CT molecular complexity index is 419. The Kier molecular flexibility index (Phi) is 3.43. The minimum absolute atomic E-state index is 0.00225. The van der Waals surface area contributed by atoms with Gasteiger partial charge in [0.25, 0.3) is 0 Å². The highest BCUT2D eigenvalue weighted by atomic mass is 32.1. The van der Waals surface area contributed by atoms with Crippen LogP contribution in [0.25, 0.3) is 0 Å². The normalized spacial score (nSPS) is 28.6. The van der Waals surface area contributed by atoms with Crippen LogP contribution < -0.4 is 5.32 Å². The lowest BCUT2D eigenvalue weighted by molar-refractivity contribution is 0.0169. The number of nitrogens with one attached hydrogen (secondary N) is 1. The fourth-order valence-electron chi connectivity index (χ4n) is 2.72. The number of ether oxygens (including phenoxy) is 1. The van der Waals surface area contributed by atoms with Crippen LogP contribution in [-0.2, 0) is 16.7 Å². The maximum Gasteiger partial charge on any atom is 0.116 e. The molecule has 1 aliphatic carbocycles. The quantitative estimate of drug-likeness (QED) is 0.910. The highest BCUT2D eigenvalue weighted by Gasteiger charge is 2.41. The fraction of sp³-hybridized carbons (Fsp3) is 0.786. The molecule has 1 saturated heterocycles. The molecule has 2 aliphatic rings. The lowest BCUT2D eigenvalue weighted by Gasteiger charge is -2.36. The second-order valence-corrected chi connectivity index (χ2v) is 6.74. The van der Waals surface area contributed by atoms with E-state index in [9.17, 15) is 0 Å². The molecule has 1 unspecified atom stereocenters. The van der Waals surface area contributed by atoms with Gasteiger partial charge in [0, 0.05) is 17.5 Å². The van der Waals surface area contributed by atoms with Crippen LogP contribution in [0.1, 0.15) is 48.2 Å². The average molecular weight is 266 g/mol. The van der Waals surface area contributed by atoms with Crippen molar-refractivity contribution in [1.82, 2.24) is 10.3 Å². The van der Waals surface area contributed by atoms with Crippen LogP contribution in [0.2, 0.25) is 0 Å². The van der Waals surface area contributed by atoms with Crippen molar-refractivity contribution in [2.24, 2.45) is 0 Å². The summed E-state index contributed by atoms with van der Waals surface area (Å²) < 4.78 is 5.76. The molecule has 1 aromatic rings. The average Bonchev–Trinajstić information content (AvgIpc) is 3.10. The van der Waals surface area contributed by atoms with Crippen molar-refractivity contribution in [3.8, 4) is 0 Å². The van der Waals surface area contributed by atoms with Gasteiger partial charge in [-0.3, -0.25) is 0 Å². The molecule has 0 spiro atoms. The maximum absolute atomic E-state index is 5.76. The van der Waals surface area contributed by atoms with Gasteiger partial charge in [-0.15, -0.1) is 11.3 Å². The molecule has 1 N–H and O–H groups in total. The topological polar surface area (TPSA) is 34.2 Å². The van der Waals surface area contributed by atoms with Crippen LogP contribution >= 0.6 is 11.3 Å². The van der Waals surface area contributed by atoms with Gasteiger partial charge in [-0.05, 0) is 39.0 Å². The first-order valence-electron chi connectivity index (χ1n) is 7.06. The summed E-state index contributed by atoms with van der Waals surface area (Å²) in [6.07, 6.45) is 5.96. The van der Waals surface area contributed by atoms with E-state index in [4.69, 9.17) is 9.72 Å². The van der Waals surface area contributed by atoms with Crippen molar-refractivity contribution < 1.29 is 4.74 Å². The van der Waals surface area contributed by atoms with E-state index < -0.39 is 0 Å². The molecule has 3 rings (SSSR count). The van der Waals surface area contributed by atoms with Gasteiger partial charge in [-0.25, -0.2) is 4.98 Å². The third-order valence-electron chi connectivity index (χ3n) is 3.94. The molecule has 1 aliphatic heterocycles. The second kappa shape index (κ2) is 4.91. The van der Waals surface area contributed by atoms with Crippen molar-refractivity contribution in [2.75, 3.05) is 13.2 Å². The van der Waals surface area contributed by atoms with Crippen LogP contribution in [0.3, 0.4) is 0 Å². The molecular weight excluding hydrogens is 244 g/mol. The monoisotopic (exact) mass is 266 g/mol. The Morgan fingerprint density at radius 1 is 1.50 bits per heavy atom. The molecule has 1 aromatic heterocycles. The van der Waals surface area contributed by atoms with E-state index in [2.05, 4.69) is 19.2 Å². The number of rotatable bonds is 4. The van der Waals surface area contributed by atoms with Crippen LogP contribution in [0.4, 0.5) is 0 Å². The summed E-state index contributed by atoms with van der Waals surface area (Å²) in [5, 5.41) is 5.06. The summed E-state index contributed by atoms with van der Waals surface area (Å²) in [6.45, 7) is 6.07. The molecule has 100 valence electrons. The number of nitrogens with zero attached hydrogens (tertiary/aromatic N) is 1. The van der Waals surface area contributed by atoms with E-state index in [1.165, 1.54) is 34.8 Å². The zero-order valence-electron chi connectivity index (χ0n) is 11.3. The number of aryl methyl sites for hydroxylation is 2. The van der Waals surface area contributed by atoms with Gasteiger partial charge in [0.2, 0.25) is 0 Å². The smallest absolute Gasteiger partial charge is 0.116 e. The lowest BCUT2D eigenvalue weighted by atomic mass is 9.93.